The van der Waals surface area contributed by atoms with Gasteiger partial charge < -0.3 is 9.47 Å². The minimum atomic E-state index is -0.521. The predicted octanol–water partition coefficient (Wildman–Crippen LogP) is 2.81. The van der Waals surface area contributed by atoms with E-state index in [0.717, 1.165) is 0 Å². The Bertz CT molecular complexity index is 368. The summed E-state index contributed by atoms with van der Waals surface area (Å²) in [4.78, 5) is 10.8. The van der Waals surface area contributed by atoms with Crippen molar-refractivity contribution in [3.8, 4) is 5.75 Å². The van der Waals surface area contributed by atoms with Crippen LogP contribution in [-0.4, -0.2) is 19.7 Å². The lowest BCUT2D eigenvalue weighted by atomic mass is 10.3. The number of hydrogen-bond donors (Lipinski definition) is 0. The zero-order chi connectivity index (χ0) is 12.0. The second-order valence-corrected chi connectivity index (χ2v) is 3.51. The molecule has 0 radical (unpaired) electrons. The second kappa shape index (κ2) is 6.33. The van der Waals surface area contributed by atoms with Crippen molar-refractivity contribution in [1.29, 1.82) is 0 Å². The van der Waals surface area contributed by atoms with Gasteiger partial charge in [-0.15, -0.1) is 0 Å². The Morgan fingerprint density at radius 2 is 2.25 bits per heavy atom. The quantitative estimate of drug-likeness (QED) is 0.592. The maximum Gasteiger partial charge on any atom is 0.305 e. The number of methoxy groups -OCH3 is 1. The first-order valence-electron chi connectivity index (χ1n) is 4.78. The molecule has 16 heavy (non-hydrogen) atoms. The van der Waals surface area contributed by atoms with Gasteiger partial charge in [0.15, 0.2) is 0 Å². The summed E-state index contributed by atoms with van der Waals surface area (Å²) in [7, 11) is 1.33. The Hall–Kier alpha value is -1.29. The molecule has 0 aliphatic rings. The van der Waals surface area contributed by atoms with Gasteiger partial charge in [0.25, 0.3) is 0 Å². The highest BCUT2D eigenvalue weighted by molar-refractivity contribution is 6.30. The summed E-state index contributed by atoms with van der Waals surface area (Å²) in [5, 5.41) is 0.0573. The van der Waals surface area contributed by atoms with Gasteiger partial charge in [0.1, 0.15) is 11.6 Å². The van der Waals surface area contributed by atoms with Crippen LogP contribution < -0.4 is 4.74 Å². The monoisotopic (exact) mass is 246 g/mol. The zero-order valence-corrected chi connectivity index (χ0v) is 9.59. The zero-order valence-electron chi connectivity index (χ0n) is 8.83. The molecule has 0 N–H and O–H groups in total. The first-order chi connectivity index (χ1) is 7.63. The van der Waals surface area contributed by atoms with Crippen LogP contribution in [0.5, 0.6) is 5.75 Å². The van der Waals surface area contributed by atoms with Crippen LogP contribution in [0.3, 0.4) is 0 Å². The molecule has 1 rings (SSSR count). The van der Waals surface area contributed by atoms with Gasteiger partial charge >= 0.3 is 5.97 Å². The van der Waals surface area contributed by atoms with Crippen molar-refractivity contribution in [1.82, 2.24) is 0 Å². The Morgan fingerprint density at radius 1 is 1.50 bits per heavy atom. The highest BCUT2D eigenvalue weighted by atomic mass is 35.5. The van der Waals surface area contributed by atoms with E-state index in [1.165, 1.54) is 19.2 Å². The lowest BCUT2D eigenvalue weighted by molar-refractivity contribution is -0.140. The standard InChI is InChI=1S/C11H12ClFO3/c1-15-11(14)3-2-6-16-8-4-5-9(12)10(13)7-8/h4-5,7H,2-3,6H2,1H3. The molecule has 1 aromatic rings. The fourth-order valence-corrected chi connectivity index (χ4v) is 1.19. The largest absolute Gasteiger partial charge is 0.493 e. The Labute approximate surface area is 98.1 Å². The molecule has 0 bridgehead atoms. The molecule has 0 saturated heterocycles. The van der Waals surface area contributed by atoms with Crippen molar-refractivity contribution in [3.05, 3.63) is 29.0 Å². The Balaban J connectivity index is 2.32. The molecule has 0 aromatic heterocycles. The Morgan fingerprint density at radius 3 is 2.88 bits per heavy atom. The number of carbonyl (C=O) groups excluding carboxylic acids is 1. The van der Waals surface area contributed by atoms with Gasteiger partial charge in [0.05, 0.1) is 18.7 Å². The van der Waals surface area contributed by atoms with E-state index in [1.807, 2.05) is 0 Å². The summed E-state index contributed by atoms with van der Waals surface area (Å²) in [6.45, 7) is 0.330. The van der Waals surface area contributed by atoms with Gasteiger partial charge in [-0.3, -0.25) is 4.79 Å². The smallest absolute Gasteiger partial charge is 0.305 e. The highest BCUT2D eigenvalue weighted by Gasteiger charge is 2.03. The molecule has 0 saturated carbocycles. The van der Waals surface area contributed by atoms with Crippen LogP contribution in [0.25, 0.3) is 0 Å². The van der Waals surface area contributed by atoms with Crippen molar-refractivity contribution in [3.63, 3.8) is 0 Å². The van der Waals surface area contributed by atoms with Gasteiger partial charge in [-0.25, -0.2) is 4.39 Å². The summed E-state index contributed by atoms with van der Waals surface area (Å²) < 4.78 is 22.7. The molecular weight excluding hydrogens is 235 g/mol. The van der Waals surface area contributed by atoms with Gasteiger partial charge in [-0.2, -0.15) is 0 Å². The second-order valence-electron chi connectivity index (χ2n) is 3.10. The lowest BCUT2D eigenvalue weighted by Crippen LogP contribution is -2.04. The van der Waals surface area contributed by atoms with Crippen LogP contribution in [0, 0.1) is 5.82 Å². The van der Waals surface area contributed by atoms with E-state index in [-0.39, 0.29) is 17.4 Å². The van der Waals surface area contributed by atoms with Crippen molar-refractivity contribution in [2.45, 2.75) is 12.8 Å². The highest BCUT2D eigenvalue weighted by Crippen LogP contribution is 2.20. The van der Waals surface area contributed by atoms with Crippen LogP contribution >= 0.6 is 11.6 Å². The first-order valence-corrected chi connectivity index (χ1v) is 5.16. The van der Waals surface area contributed by atoms with Crippen molar-refractivity contribution in [2.75, 3.05) is 13.7 Å². The molecule has 0 amide bonds. The molecule has 0 aliphatic carbocycles. The van der Waals surface area contributed by atoms with E-state index < -0.39 is 5.82 Å². The van der Waals surface area contributed by atoms with Crippen molar-refractivity contribution in [2.24, 2.45) is 0 Å². The van der Waals surface area contributed by atoms with Crippen molar-refractivity contribution >= 4 is 17.6 Å². The van der Waals surface area contributed by atoms with Gasteiger partial charge in [-0.05, 0) is 18.6 Å². The number of esters is 1. The Kier molecular flexibility index (Phi) is 5.05. The molecule has 0 atom stereocenters. The van der Waals surface area contributed by atoms with Crippen LogP contribution in [0.2, 0.25) is 5.02 Å². The molecule has 5 heteroatoms. The average molecular weight is 247 g/mol. The SMILES string of the molecule is COC(=O)CCCOc1ccc(Cl)c(F)c1. The molecule has 0 spiro atoms. The number of rotatable bonds is 5. The van der Waals surface area contributed by atoms with E-state index in [4.69, 9.17) is 16.3 Å². The van der Waals surface area contributed by atoms with E-state index in [0.29, 0.717) is 18.8 Å². The van der Waals surface area contributed by atoms with Crippen LogP contribution in [0.15, 0.2) is 18.2 Å². The number of carbonyl (C=O) groups is 1. The molecule has 3 nitrogen and oxygen atoms in total. The minimum absolute atomic E-state index is 0.0573. The maximum absolute atomic E-state index is 13.0. The molecular formula is C11H12ClFO3. The topological polar surface area (TPSA) is 35.5 Å². The summed E-state index contributed by atoms with van der Waals surface area (Å²) in [5.41, 5.74) is 0. The number of halogens is 2. The molecule has 88 valence electrons. The average Bonchev–Trinajstić information content (AvgIpc) is 2.28. The first kappa shape index (κ1) is 12.8. The van der Waals surface area contributed by atoms with Crippen molar-refractivity contribution < 1.29 is 18.7 Å². The van der Waals surface area contributed by atoms with Gasteiger partial charge in [0, 0.05) is 12.5 Å². The fraction of sp³-hybridized carbons (Fsp3) is 0.364. The molecule has 0 fully saturated rings. The number of hydrogen-bond acceptors (Lipinski definition) is 3. The van der Waals surface area contributed by atoms with E-state index >= 15 is 0 Å². The molecule has 1 aromatic carbocycles. The third kappa shape index (κ3) is 4.06. The minimum Gasteiger partial charge on any atom is -0.493 e. The van der Waals surface area contributed by atoms with Crippen LogP contribution in [0.1, 0.15) is 12.8 Å². The number of ether oxygens (including phenoxy) is 2. The number of benzene rings is 1. The van der Waals surface area contributed by atoms with E-state index in [1.54, 1.807) is 6.07 Å². The maximum atomic E-state index is 13.0. The fourth-order valence-electron chi connectivity index (χ4n) is 1.08. The molecule has 0 aliphatic heterocycles. The third-order valence-electron chi connectivity index (χ3n) is 1.91. The predicted molar refractivity (Wildman–Crippen MR) is 58.2 cm³/mol. The van der Waals surface area contributed by atoms with E-state index in [2.05, 4.69) is 4.74 Å². The summed E-state index contributed by atoms with van der Waals surface area (Å²) in [6.07, 6.45) is 0.809. The normalized spacial score (nSPS) is 9.94. The van der Waals surface area contributed by atoms with Gasteiger partial charge in [0.2, 0.25) is 0 Å². The molecule has 0 heterocycles. The van der Waals surface area contributed by atoms with Crippen LogP contribution in [-0.2, 0) is 9.53 Å². The molecule has 0 unspecified atom stereocenters. The van der Waals surface area contributed by atoms with Crippen LogP contribution in [0.4, 0.5) is 4.39 Å². The summed E-state index contributed by atoms with van der Waals surface area (Å²) in [5.74, 6) is -0.412. The lowest BCUT2D eigenvalue weighted by Gasteiger charge is -2.05. The summed E-state index contributed by atoms with van der Waals surface area (Å²) in [6, 6.07) is 4.20. The van der Waals surface area contributed by atoms with Gasteiger partial charge in [-0.1, -0.05) is 11.6 Å². The summed E-state index contributed by atoms with van der Waals surface area (Å²) >= 11 is 5.51. The van der Waals surface area contributed by atoms with E-state index in [9.17, 15) is 9.18 Å². The third-order valence-corrected chi connectivity index (χ3v) is 2.22.